The smallest absolute Gasteiger partial charge is 0.146 e. The van der Waals surface area contributed by atoms with Crippen molar-refractivity contribution in [3.8, 4) is 5.75 Å². The Balaban J connectivity index is 0.00000160. The lowest BCUT2D eigenvalue weighted by atomic mass is 9.89. The van der Waals surface area contributed by atoms with Crippen molar-refractivity contribution in [1.29, 1.82) is 0 Å². The minimum absolute atomic E-state index is 0. The molecule has 4 rings (SSSR count). The van der Waals surface area contributed by atoms with Gasteiger partial charge in [0.15, 0.2) is 0 Å². The van der Waals surface area contributed by atoms with Crippen molar-refractivity contribution in [2.45, 2.75) is 19.1 Å². The Bertz CT molecular complexity index is 886. The number of hydrogen-bond donors (Lipinski definition) is 1. The maximum absolute atomic E-state index is 6.07. The SMILES string of the molecule is Cl.Cl.Cn1ccnc1COc1ccc(CN2C[C@@H](CN)[C@H](c3ccccc3)C2)cc1. The van der Waals surface area contributed by atoms with E-state index >= 15 is 0 Å². The van der Waals surface area contributed by atoms with Gasteiger partial charge < -0.3 is 15.0 Å². The summed E-state index contributed by atoms with van der Waals surface area (Å²) in [5, 5.41) is 0. The molecule has 7 heteroatoms. The largest absolute Gasteiger partial charge is 0.486 e. The summed E-state index contributed by atoms with van der Waals surface area (Å²) in [7, 11) is 1.97. The van der Waals surface area contributed by atoms with Crippen LogP contribution in [-0.4, -0.2) is 34.1 Å². The summed E-state index contributed by atoms with van der Waals surface area (Å²) < 4.78 is 7.82. The molecule has 0 saturated carbocycles. The first kappa shape index (κ1) is 24.2. The molecular formula is C23H30Cl2N4O. The Morgan fingerprint density at radius 2 is 1.77 bits per heavy atom. The fraction of sp³-hybridized carbons (Fsp3) is 0.348. The van der Waals surface area contributed by atoms with E-state index < -0.39 is 0 Å². The van der Waals surface area contributed by atoms with E-state index in [0.717, 1.165) is 37.8 Å². The standard InChI is InChI=1S/C23H28N4O.2ClH/c1-26-12-11-25-23(26)17-28-21-9-7-18(8-10-21)14-27-15-20(13-24)22(16-27)19-5-3-2-4-6-19;;/h2-12,20,22H,13-17,24H2,1H3;2*1H/t20-,22+;;/m1../s1. The van der Waals surface area contributed by atoms with Crippen LogP contribution in [0.4, 0.5) is 0 Å². The van der Waals surface area contributed by atoms with Gasteiger partial charge in [-0.3, -0.25) is 4.90 Å². The van der Waals surface area contributed by atoms with Crippen LogP contribution in [0.5, 0.6) is 5.75 Å². The third-order valence-electron chi connectivity index (χ3n) is 5.67. The summed E-state index contributed by atoms with van der Waals surface area (Å²) in [6.07, 6.45) is 3.71. The zero-order chi connectivity index (χ0) is 19.3. The fourth-order valence-electron chi connectivity index (χ4n) is 4.04. The van der Waals surface area contributed by atoms with Gasteiger partial charge in [-0.2, -0.15) is 0 Å². The predicted octanol–water partition coefficient (Wildman–Crippen LogP) is 4.02. The Labute approximate surface area is 191 Å². The van der Waals surface area contributed by atoms with Gasteiger partial charge in [0.05, 0.1) is 0 Å². The van der Waals surface area contributed by atoms with Crippen molar-refractivity contribution < 1.29 is 4.74 Å². The maximum atomic E-state index is 6.07. The topological polar surface area (TPSA) is 56.3 Å². The normalized spacial score (nSPS) is 18.5. The lowest BCUT2D eigenvalue weighted by Gasteiger charge is -2.17. The molecule has 2 aromatic carbocycles. The van der Waals surface area contributed by atoms with Crippen molar-refractivity contribution in [2.24, 2.45) is 18.7 Å². The molecule has 1 aliphatic rings. The first-order chi connectivity index (χ1) is 13.7. The van der Waals surface area contributed by atoms with Crippen LogP contribution in [0.3, 0.4) is 0 Å². The van der Waals surface area contributed by atoms with Gasteiger partial charge in [-0.25, -0.2) is 4.98 Å². The second kappa shape index (κ2) is 11.4. The van der Waals surface area contributed by atoms with Crippen LogP contribution < -0.4 is 10.5 Å². The molecule has 2 atom stereocenters. The summed E-state index contributed by atoms with van der Waals surface area (Å²) in [5.41, 5.74) is 8.77. The molecule has 0 unspecified atom stereocenters. The number of aromatic nitrogens is 2. The highest BCUT2D eigenvalue weighted by molar-refractivity contribution is 5.85. The lowest BCUT2D eigenvalue weighted by Crippen LogP contribution is -2.23. The third kappa shape index (κ3) is 5.76. The quantitative estimate of drug-likeness (QED) is 0.592. The van der Waals surface area contributed by atoms with Crippen molar-refractivity contribution in [2.75, 3.05) is 19.6 Å². The first-order valence-electron chi connectivity index (χ1n) is 9.88. The minimum Gasteiger partial charge on any atom is -0.486 e. The second-order valence-corrected chi connectivity index (χ2v) is 7.59. The molecular weight excluding hydrogens is 419 g/mol. The number of hydrogen-bond acceptors (Lipinski definition) is 4. The molecule has 1 aromatic heterocycles. The van der Waals surface area contributed by atoms with Gasteiger partial charge in [-0.1, -0.05) is 42.5 Å². The molecule has 5 nitrogen and oxygen atoms in total. The number of nitrogens with two attached hydrogens (primary N) is 1. The van der Waals surface area contributed by atoms with E-state index in [9.17, 15) is 0 Å². The average molecular weight is 449 g/mol. The predicted molar refractivity (Wildman–Crippen MR) is 125 cm³/mol. The maximum Gasteiger partial charge on any atom is 0.146 e. The Morgan fingerprint density at radius 1 is 1.03 bits per heavy atom. The monoisotopic (exact) mass is 448 g/mol. The van der Waals surface area contributed by atoms with Crippen LogP contribution in [0, 0.1) is 5.92 Å². The van der Waals surface area contributed by atoms with Crippen molar-refractivity contribution in [3.63, 3.8) is 0 Å². The van der Waals surface area contributed by atoms with Crippen LogP contribution in [0.15, 0.2) is 67.0 Å². The van der Waals surface area contributed by atoms with Crippen LogP contribution in [0.1, 0.15) is 22.9 Å². The zero-order valence-electron chi connectivity index (χ0n) is 17.2. The van der Waals surface area contributed by atoms with Gasteiger partial charge >= 0.3 is 0 Å². The highest BCUT2D eigenvalue weighted by Crippen LogP contribution is 2.32. The molecule has 0 aliphatic carbocycles. The summed E-state index contributed by atoms with van der Waals surface area (Å²) in [4.78, 5) is 6.80. The zero-order valence-corrected chi connectivity index (χ0v) is 18.8. The highest BCUT2D eigenvalue weighted by atomic mass is 35.5. The molecule has 0 amide bonds. The van der Waals surface area contributed by atoms with E-state index in [4.69, 9.17) is 10.5 Å². The molecule has 1 saturated heterocycles. The van der Waals surface area contributed by atoms with Crippen LogP contribution in [0.2, 0.25) is 0 Å². The molecule has 2 heterocycles. The number of imidazole rings is 1. The van der Waals surface area contributed by atoms with Crippen molar-refractivity contribution in [3.05, 3.63) is 83.9 Å². The summed E-state index contributed by atoms with van der Waals surface area (Å²) >= 11 is 0. The van der Waals surface area contributed by atoms with Gasteiger partial charge in [0.1, 0.15) is 18.2 Å². The summed E-state index contributed by atoms with van der Waals surface area (Å²) in [6.45, 7) is 4.26. The van der Waals surface area contributed by atoms with E-state index in [1.54, 1.807) is 6.20 Å². The molecule has 3 aromatic rings. The molecule has 2 N–H and O–H groups in total. The Hall–Kier alpha value is -2.05. The first-order valence-corrected chi connectivity index (χ1v) is 9.88. The average Bonchev–Trinajstić information content (AvgIpc) is 3.34. The lowest BCUT2D eigenvalue weighted by molar-refractivity contribution is 0.291. The van der Waals surface area contributed by atoms with E-state index in [0.29, 0.717) is 18.4 Å². The molecule has 0 spiro atoms. The number of nitrogens with zero attached hydrogens (tertiary/aromatic N) is 3. The Kier molecular flexibility index (Phi) is 9.18. The fourth-order valence-corrected chi connectivity index (χ4v) is 4.04. The van der Waals surface area contributed by atoms with E-state index in [1.807, 2.05) is 29.9 Å². The minimum atomic E-state index is 0. The van der Waals surface area contributed by atoms with Crippen LogP contribution in [0.25, 0.3) is 0 Å². The molecule has 0 bridgehead atoms. The number of rotatable bonds is 7. The molecule has 0 radical (unpaired) electrons. The van der Waals surface area contributed by atoms with Gasteiger partial charge in [0, 0.05) is 45.0 Å². The molecule has 30 heavy (non-hydrogen) atoms. The van der Waals surface area contributed by atoms with Crippen LogP contribution >= 0.6 is 24.8 Å². The Morgan fingerprint density at radius 3 is 2.40 bits per heavy atom. The van der Waals surface area contributed by atoms with Gasteiger partial charge in [0.25, 0.3) is 0 Å². The number of likely N-dealkylation sites (tertiary alicyclic amines) is 1. The highest BCUT2D eigenvalue weighted by Gasteiger charge is 2.32. The van der Waals surface area contributed by atoms with E-state index in [-0.39, 0.29) is 24.8 Å². The van der Waals surface area contributed by atoms with Crippen molar-refractivity contribution in [1.82, 2.24) is 14.5 Å². The van der Waals surface area contributed by atoms with E-state index in [1.165, 1.54) is 11.1 Å². The van der Waals surface area contributed by atoms with E-state index in [2.05, 4.69) is 52.3 Å². The molecule has 162 valence electrons. The van der Waals surface area contributed by atoms with Gasteiger partial charge in [-0.15, -0.1) is 24.8 Å². The third-order valence-corrected chi connectivity index (χ3v) is 5.67. The number of ether oxygens (including phenoxy) is 1. The molecule has 1 fully saturated rings. The summed E-state index contributed by atoms with van der Waals surface area (Å²) in [6, 6.07) is 19.2. The number of halogens is 2. The van der Waals surface area contributed by atoms with Gasteiger partial charge in [0.2, 0.25) is 0 Å². The van der Waals surface area contributed by atoms with Gasteiger partial charge in [-0.05, 0) is 35.7 Å². The van der Waals surface area contributed by atoms with Crippen molar-refractivity contribution >= 4 is 24.8 Å². The summed E-state index contributed by atoms with van der Waals surface area (Å²) in [5.74, 6) is 2.82. The number of aryl methyl sites for hydroxylation is 1. The number of benzene rings is 2. The molecule has 1 aliphatic heterocycles. The van der Waals surface area contributed by atoms with Crippen LogP contribution in [-0.2, 0) is 20.2 Å². The second-order valence-electron chi connectivity index (χ2n) is 7.59.